The number of aromatic nitrogens is 1. The lowest BCUT2D eigenvalue weighted by Crippen LogP contribution is -2.07. The molecule has 0 saturated heterocycles. The van der Waals surface area contributed by atoms with Crippen LogP contribution >= 0.6 is 0 Å². The molecule has 0 aliphatic carbocycles. The summed E-state index contributed by atoms with van der Waals surface area (Å²) in [6.45, 7) is 6.78. The van der Waals surface area contributed by atoms with E-state index >= 15 is 0 Å². The largest absolute Gasteiger partial charge is 0.497 e. The van der Waals surface area contributed by atoms with Gasteiger partial charge in [-0.05, 0) is 62.7 Å². The fourth-order valence-electron chi connectivity index (χ4n) is 3.23. The Balaban J connectivity index is 2.20. The average molecular weight is 367 g/mol. The second kappa shape index (κ2) is 8.16. The number of nitrogens with zero attached hydrogens (tertiary/aromatic N) is 1. The van der Waals surface area contributed by atoms with E-state index in [9.17, 15) is 4.79 Å². The van der Waals surface area contributed by atoms with Crippen molar-refractivity contribution in [2.45, 2.75) is 27.2 Å². The smallest absolute Gasteiger partial charge is 0.340 e. The maximum absolute atomic E-state index is 12.7. The average Bonchev–Trinajstić information content (AvgIpc) is 2.97. The summed E-state index contributed by atoms with van der Waals surface area (Å²) in [5.41, 5.74) is 3.30. The Kier molecular flexibility index (Phi) is 5.69. The number of carbonyl (C=O) groups is 1. The number of esters is 1. The molecule has 5 nitrogen and oxygen atoms in total. The molecule has 3 aromatic rings. The Morgan fingerprint density at radius 3 is 2.37 bits per heavy atom. The summed E-state index contributed by atoms with van der Waals surface area (Å²) in [5, 5.41) is 0.829. The number of fused-ring (bicyclic) bond motifs is 1. The minimum atomic E-state index is -0.320. The van der Waals surface area contributed by atoms with Gasteiger partial charge in [-0.25, -0.2) is 4.79 Å². The third-order valence-electron chi connectivity index (χ3n) is 4.46. The Bertz CT molecular complexity index is 941. The van der Waals surface area contributed by atoms with E-state index in [1.54, 1.807) is 7.11 Å². The van der Waals surface area contributed by atoms with Gasteiger partial charge in [0.05, 0.1) is 31.4 Å². The van der Waals surface area contributed by atoms with E-state index in [-0.39, 0.29) is 5.97 Å². The van der Waals surface area contributed by atoms with Crippen LogP contribution < -0.4 is 9.47 Å². The molecular weight excluding hydrogens is 342 g/mol. The second-order valence-corrected chi connectivity index (χ2v) is 6.24. The summed E-state index contributed by atoms with van der Waals surface area (Å²) in [6, 6.07) is 13.6. The fourth-order valence-corrected chi connectivity index (χ4v) is 3.23. The van der Waals surface area contributed by atoms with E-state index in [0.717, 1.165) is 40.2 Å². The van der Waals surface area contributed by atoms with E-state index in [1.165, 1.54) is 0 Å². The van der Waals surface area contributed by atoms with Crippen molar-refractivity contribution in [2.24, 2.45) is 0 Å². The second-order valence-electron chi connectivity index (χ2n) is 6.24. The van der Waals surface area contributed by atoms with Gasteiger partial charge >= 0.3 is 5.97 Å². The summed E-state index contributed by atoms with van der Waals surface area (Å²) >= 11 is 0. The summed E-state index contributed by atoms with van der Waals surface area (Å²) in [4.78, 5) is 12.7. The highest BCUT2D eigenvalue weighted by Gasteiger charge is 2.22. The maximum Gasteiger partial charge on any atom is 0.340 e. The van der Waals surface area contributed by atoms with Crippen LogP contribution in [-0.4, -0.2) is 30.9 Å². The summed E-state index contributed by atoms with van der Waals surface area (Å²) in [7, 11) is 1.64. The number of ether oxygens (including phenoxy) is 3. The van der Waals surface area contributed by atoms with Crippen molar-refractivity contribution in [1.82, 2.24) is 4.57 Å². The standard InChI is InChI=1S/C22H25NO4/c1-5-13-27-18-11-12-20-19(14-18)21(22(24)26-6-2)15(3)23(20)16-7-9-17(25-4)10-8-16/h7-12,14H,5-6,13H2,1-4H3. The lowest BCUT2D eigenvalue weighted by molar-refractivity contribution is 0.0527. The van der Waals surface area contributed by atoms with Crippen molar-refractivity contribution in [3.8, 4) is 17.2 Å². The quantitative estimate of drug-likeness (QED) is 0.557. The minimum Gasteiger partial charge on any atom is -0.497 e. The molecule has 0 N–H and O–H groups in total. The molecule has 0 fully saturated rings. The van der Waals surface area contributed by atoms with Gasteiger partial charge in [-0.15, -0.1) is 0 Å². The summed E-state index contributed by atoms with van der Waals surface area (Å²) in [6.07, 6.45) is 0.925. The molecule has 0 amide bonds. The Morgan fingerprint density at radius 1 is 1.04 bits per heavy atom. The van der Waals surface area contributed by atoms with Crippen molar-refractivity contribution >= 4 is 16.9 Å². The summed E-state index contributed by atoms with van der Waals surface area (Å²) < 4.78 is 18.4. The van der Waals surface area contributed by atoms with Gasteiger partial charge in [-0.2, -0.15) is 0 Å². The highest BCUT2D eigenvalue weighted by Crippen LogP contribution is 2.33. The van der Waals surface area contributed by atoms with Crippen molar-refractivity contribution in [1.29, 1.82) is 0 Å². The molecule has 3 rings (SSSR count). The first kappa shape index (κ1) is 18.8. The van der Waals surface area contributed by atoms with Gasteiger partial charge in [-0.1, -0.05) is 6.92 Å². The zero-order valence-corrected chi connectivity index (χ0v) is 16.2. The van der Waals surface area contributed by atoms with Crippen LogP contribution in [0.4, 0.5) is 0 Å². The van der Waals surface area contributed by atoms with Gasteiger partial charge in [0.15, 0.2) is 0 Å². The molecule has 2 aromatic carbocycles. The number of hydrogen-bond acceptors (Lipinski definition) is 4. The lowest BCUT2D eigenvalue weighted by atomic mass is 10.1. The molecule has 0 aliphatic heterocycles. The Morgan fingerprint density at radius 2 is 1.74 bits per heavy atom. The van der Waals surface area contributed by atoms with E-state index in [0.29, 0.717) is 18.8 Å². The first-order valence-corrected chi connectivity index (χ1v) is 9.20. The molecule has 27 heavy (non-hydrogen) atoms. The van der Waals surface area contributed by atoms with Gasteiger partial charge < -0.3 is 18.8 Å². The molecule has 1 aromatic heterocycles. The molecule has 0 atom stereocenters. The third kappa shape index (κ3) is 3.63. The first-order chi connectivity index (χ1) is 13.1. The van der Waals surface area contributed by atoms with E-state index in [2.05, 4.69) is 11.5 Å². The van der Waals surface area contributed by atoms with Crippen LogP contribution in [0, 0.1) is 6.92 Å². The molecule has 0 saturated carbocycles. The molecule has 0 bridgehead atoms. The van der Waals surface area contributed by atoms with Gasteiger partial charge in [0, 0.05) is 16.8 Å². The van der Waals surface area contributed by atoms with Crippen LogP contribution in [0.5, 0.6) is 11.5 Å². The normalized spacial score (nSPS) is 10.8. The fraction of sp³-hybridized carbons (Fsp3) is 0.318. The van der Waals surface area contributed by atoms with Crippen LogP contribution in [0.1, 0.15) is 36.3 Å². The first-order valence-electron chi connectivity index (χ1n) is 9.20. The zero-order valence-electron chi connectivity index (χ0n) is 16.2. The van der Waals surface area contributed by atoms with Gasteiger partial charge in [0.2, 0.25) is 0 Å². The van der Waals surface area contributed by atoms with Crippen molar-refractivity contribution in [3.05, 3.63) is 53.7 Å². The molecule has 1 heterocycles. The number of benzene rings is 2. The van der Waals surface area contributed by atoms with Gasteiger partial charge in [0.25, 0.3) is 0 Å². The maximum atomic E-state index is 12.7. The minimum absolute atomic E-state index is 0.320. The highest BCUT2D eigenvalue weighted by molar-refractivity contribution is 6.07. The van der Waals surface area contributed by atoms with Gasteiger partial charge in [-0.3, -0.25) is 0 Å². The lowest BCUT2D eigenvalue weighted by Gasteiger charge is -2.10. The van der Waals surface area contributed by atoms with E-state index in [1.807, 2.05) is 56.3 Å². The number of carbonyl (C=O) groups excluding carboxylic acids is 1. The molecule has 0 unspecified atom stereocenters. The Labute approximate surface area is 159 Å². The predicted molar refractivity (Wildman–Crippen MR) is 106 cm³/mol. The van der Waals surface area contributed by atoms with Crippen molar-refractivity contribution < 1.29 is 19.0 Å². The van der Waals surface area contributed by atoms with Crippen molar-refractivity contribution in [3.63, 3.8) is 0 Å². The monoisotopic (exact) mass is 367 g/mol. The highest BCUT2D eigenvalue weighted by atomic mass is 16.5. The van der Waals surface area contributed by atoms with Crippen LogP contribution in [0.15, 0.2) is 42.5 Å². The topological polar surface area (TPSA) is 49.7 Å². The van der Waals surface area contributed by atoms with Crippen LogP contribution in [0.25, 0.3) is 16.6 Å². The SMILES string of the molecule is CCCOc1ccc2c(c1)c(C(=O)OCC)c(C)n2-c1ccc(OC)cc1. The van der Waals surface area contributed by atoms with Gasteiger partial charge in [0.1, 0.15) is 11.5 Å². The molecule has 0 aliphatic rings. The molecular formula is C22H25NO4. The number of methoxy groups -OCH3 is 1. The zero-order chi connectivity index (χ0) is 19.4. The molecule has 0 spiro atoms. The molecule has 142 valence electrons. The van der Waals surface area contributed by atoms with Crippen molar-refractivity contribution in [2.75, 3.05) is 20.3 Å². The Hall–Kier alpha value is -2.95. The van der Waals surface area contributed by atoms with Crippen LogP contribution in [0.2, 0.25) is 0 Å². The molecule has 5 heteroatoms. The number of rotatable bonds is 7. The summed E-state index contributed by atoms with van der Waals surface area (Å²) in [5.74, 6) is 1.22. The third-order valence-corrected chi connectivity index (χ3v) is 4.46. The van der Waals surface area contributed by atoms with E-state index < -0.39 is 0 Å². The van der Waals surface area contributed by atoms with Crippen LogP contribution in [-0.2, 0) is 4.74 Å². The van der Waals surface area contributed by atoms with Crippen LogP contribution in [0.3, 0.4) is 0 Å². The molecule has 0 radical (unpaired) electrons. The van der Waals surface area contributed by atoms with E-state index in [4.69, 9.17) is 14.2 Å². The predicted octanol–water partition coefficient (Wildman–Crippen LogP) is 4.91. The number of hydrogen-bond donors (Lipinski definition) is 0.